The second kappa shape index (κ2) is 11.2. The monoisotopic (exact) mass is 542 g/mol. The van der Waals surface area contributed by atoms with Gasteiger partial charge in [-0.1, -0.05) is 58.4 Å². The Labute approximate surface area is 209 Å². The quantitative estimate of drug-likeness (QED) is 0.424. The fourth-order valence-electron chi connectivity index (χ4n) is 3.94. The van der Waals surface area contributed by atoms with E-state index in [-0.39, 0.29) is 17.6 Å². The summed E-state index contributed by atoms with van der Waals surface area (Å²) in [7, 11) is -3.42. The molecule has 3 aromatic rings. The van der Waals surface area contributed by atoms with Gasteiger partial charge in [-0.2, -0.15) is 0 Å². The van der Waals surface area contributed by atoms with Gasteiger partial charge in [0.15, 0.2) is 0 Å². The lowest BCUT2D eigenvalue weighted by atomic mass is 9.97. The number of carbonyl (C=O) groups is 1. The predicted molar refractivity (Wildman–Crippen MR) is 137 cm³/mol. The fraction of sp³-hybridized carbons (Fsp3) is 0.269. The number of ether oxygens (including phenoxy) is 1. The average molecular weight is 543 g/mol. The maximum absolute atomic E-state index is 12.8. The number of nitrogens with zero attached hydrogens (tertiary/aromatic N) is 1. The molecule has 0 aliphatic carbocycles. The highest BCUT2D eigenvalue weighted by molar-refractivity contribution is 9.10. The summed E-state index contributed by atoms with van der Waals surface area (Å²) in [5.74, 6) is 0.390. The van der Waals surface area contributed by atoms with Gasteiger partial charge in [0.25, 0.3) is 0 Å². The topological polar surface area (TPSA) is 75.7 Å². The Balaban J connectivity index is 1.25. The SMILES string of the molecule is O=C(Nc1ccc(OCc2ccccc2)cc1)C1CCN(S(=O)(=O)Cc2cccc(Br)c2)CC1. The molecule has 1 saturated heterocycles. The number of carbonyl (C=O) groups excluding carboxylic acids is 1. The fourth-order valence-corrected chi connectivity index (χ4v) is 5.94. The maximum Gasteiger partial charge on any atom is 0.227 e. The number of hydrogen-bond acceptors (Lipinski definition) is 4. The van der Waals surface area contributed by atoms with E-state index in [1.807, 2.05) is 72.8 Å². The summed E-state index contributed by atoms with van der Waals surface area (Å²) in [6.07, 6.45) is 1.00. The zero-order chi connectivity index (χ0) is 24.0. The summed E-state index contributed by atoms with van der Waals surface area (Å²) in [6.45, 7) is 1.18. The standard InChI is InChI=1S/C26H27BrN2O4S/c27-23-8-4-7-21(17-23)19-34(31,32)29-15-13-22(14-16-29)26(30)28-24-9-11-25(12-10-24)33-18-20-5-2-1-3-6-20/h1-12,17,22H,13-16,18-19H2,(H,28,30). The van der Waals surface area contributed by atoms with Crippen LogP contribution in [-0.2, 0) is 27.2 Å². The summed E-state index contributed by atoms with van der Waals surface area (Å²) in [4.78, 5) is 12.7. The number of piperidine rings is 1. The number of anilines is 1. The second-order valence-electron chi connectivity index (χ2n) is 8.35. The zero-order valence-corrected chi connectivity index (χ0v) is 21.1. The summed E-state index contributed by atoms with van der Waals surface area (Å²) >= 11 is 3.38. The Bertz CT molecular complexity index is 1210. The number of halogens is 1. The largest absolute Gasteiger partial charge is 0.489 e. The molecule has 6 nitrogen and oxygen atoms in total. The van der Waals surface area contributed by atoms with Gasteiger partial charge in [-0.3, -0.25) is 4.79 Å². The molecule has 0 aromatic heterocycles. The lowest BCUT2D eigenvalue weighted by molar-refractivity contribution is -0.120. The smallest absolute Gasteiger partial charge is 0.227 e. The lowest BCUT2D eigenvalue weighted by Crippen LogP contribution is -2.41. The van der Waals surface area contributed by atoms with Crippen molar-refractivity contribution in [3.05, 3.63) is 94.5 Å². The van der Waals surface area contributed by atoms with Crippen molar-refractivity contribution in [2.45, 2.75) is 25.2 Å². The minimum atomic E-state index is -3.42. The van der Waals surface area contributed by atoms with E-state index in [0.29, 0.717) is 38.2 Å². The van der Waals surface area contributed by atoms with Crippen molar-refractivity contribution in [2.75, 3.05) is 18.4 Å². The van der Waals surface area contributed by atoms with Crippen LogP contribution in [0.5, 0.6) is 5.75 Å². The van der Waals surface area contributed by atoms with E-state index >= 15 is 0 Å². The van der Waals surface area contributed by atoms with Crippen molar-refractivity contribution in [3.63, 3.8) is 0 Å². The summed E-state index contributed by atoms with van der Waals surface area (Å²) in [6, 6.07) is 24.5. The Kier molecular flexibility index (Phi) is 8.03. The predicted octanol–water partition coefficient (Wildman–Crippen LogP) is 5.21. The molecule has 0 unspecified atom stereocenters. The third-order valence-corrected chi connectivity index (χ3v) is 8.17. The van der Waals surface area contributed by atoms with Crippen LogP contribution in [0.2, 0.25) is 0 Å². The molecule has 0 saturated carbocycles. The number of amides is 1. The Morgan fingerprint density at radius 3 is 2.29 bits per heavy atom. The van der Waals surface area contributed by atoms with Gasteiger partial charge in [-0.15, -0.1) is 0 Å². The third-order valence-electron chi connectivity index (χ3n) is 5.83. The van der Waals surface area contributed by atoms with Crippen LogP contribution in [0.25, 0.3) is 0 Å². The van der Waals surface area contributed by atoms with E-state index in [1.165, 1.54) is 4.31 Å². The van der Waals surface area contributed by atoms with Gasteiger partial charge in [-0.25, -0.2) is 12.7 Å². The van der Waals surface area contributed by atoms with Crippen LogP contribution in [0.3, 0.4) is 0 Å². The maximum atomic E-state index is 12.8. The van der Waals surface area contributed by atoms with Gasteiger partial charge in [-0.05, 0) is 60.4 Å². The van der Waals surface area contributed by atoms with Gasteiger partial charge in [0.05, 0.1) is 5.75 Å². The van der Waals surface area contributed by atoms with Crippen LogP contribution < -0.4 is 10.1 Å². The highest BCUT2D eigenvalue weighted by atomic mass is 79.9. The van der Waals surface area contributed by atoms with E-state index in [2.05, 4.69) is 21.2 Å². The molecule has 0 spiro atoms. The normalized spacial score (nSPS) is 15.1. The van der Waals surface area contributed by atoms with E-state index in [1.54, 1.807) is 6.07 Å². The minimum absolute atomic E-state index is 0.0397. The van der Waals surface area contributed by atoms with Crippen molar-refractivity contribution >= 4 is 37.5 Å². The number of hydrogen-bond donors (Lipinski definition) is 1. The van der Waals surface area contributed by atoms with Crippen molar-refractivity contribution in [1.29, 1.82) is 0 Å². The molecule has 0 atom stereocenters. The molecular formula is C26H27BrN2O4S. The van der Waals surface area contributed by atoms with Crippen molar-refractivity contribution in [3.8, 4) is 5.75 Å². The number of rotatable bonds is 8. The summed E-state index contributed by atoms with van der Waals surface area (Å²) in [5.41, 5.74) is 2.53. The van der Waals surface area contributed by atoms with E-state index in [0.717, 1.165) is 21.3 Å². The molecule has 1 fully saturated rings. The summed E-state index contributed by atoms with van der Waals surface area (Å²) in [5, 5.41) is 2.94. The Morgan fingerprint density at radius 2 is 1.62 bits per heavy atom. The van der Waals surface area contributed by atoms with Crippen LogP contribution >= 0.6 is 15.9 Å². The number of benzene rings is 3. The molecular weight excluding hydrogens is 516 g/mol. The van der Waals surface area contributed by atoms with E-state index in [4.69, 9.17) is 4.74 Å². The van der Waals surface area contributed by atoms with Gasteiger partial charge < -0.3 is 10.1 Å². The zero-order valence-electron chi connectivity index (χ0n) is 18.7. The first-order valence-corrected chi connectivity index (χ1v) is 13.6. The van der Waals surface area contributed by atoms with Crippen LogP contribution in [-0.4, -0.2) is 31.7 Å². The van der Waals surface area contributed by atoms with Crippen LogP contribution in [0.1, 0.15) is 24.0 Å². The van der Waals surface area contributed by atoms with Crippen LogP contribution in [0, 0.1) is 5.92 Å². The highest BCUT2D eigenvalue weighted by Gasteiger charge is 2.31. The lowest BCUT2D eigenvalue weighted by Gasteiger charge is -2.30. The first-order valence-electron chi connectivity index (χ1n) is 11.2. The Hall–Kier alpha value is -2.68. The molecule has 1 N–H and O–H groups in total. The molecule has 4 rings (SSSR count). The van der Waals surface area contributed by atoms with E-state index < -0.39 is 10.0 Å². The molecule has 0 bridgehead atoms. The molecule has 1 aliphatic rings. The minimum Gasteiger partial charge on any atom is -0.489 e. The molecule has 178 valence electrons. The molecule has 8 heteroatoms. The van der Waals surface area contributed by atoms with Crippen molar-refractivity contribution in [1.82, 2.24) is 4.31 Å². The van der Waals surface area contributed by atoms with Gasteiger partial charge >= 0.3 is 0 Å². The number of sulfonamides is 1. The van der Waals surface area contributed by atoms with Crippen molar-refractivity contribution in [2.24, 2.45) is 5.92 Å². The highest BCUT2D eigenvalue weighted by Crippen LogP contribution is 2.24. The summed E-state index contributed by atoms with van der Waals surface area (Å²) < 4.78 is 33.7. The van der Waals surface area contributed by atoms with Crippen molar-refractivity contribution < 1.29 is 17.9 Å². The van der Waals surface area contributed by atoms with E-state index in [9.17, 15) is 13.2 Å². The second-order valence-corrected chi connectivity index (χ2v) is 11.2. The molecule has 1 aliphatic heterocycles. The van der Waals surface area contributed by atoms with Gasteiger partial charge in [0.2, 0.25) is 15.9 Å². The van der Waals surface area contributed by atoms with Gasteiger partial charge in [0, 0.05) is 29.2 Å². The molecule has 0 radical (unpaired) electrons. The number of nitrogens with one attached hydrogen (secondary N) is 1. The molecule has 1 heterocycles. The molecule has 1 amide bonds. The van der Waals surface area contributed by atoms with Crippen LogP contribution in [0.15, 0.2) is 83.3 Å². The Morgan fingerprint density at radius 1 is 0.941 bits per heavy atom. The first kappa shape index (κ1) is 24.4. The van der Waals surface area contributed by atoms with Gasteiger partial charge in [0.1, 0.15) is 12.4 Å². The van der Waals surface area contributed by atoms with Crippen LogP contribution in [0.4, 0.5) is 5.69 Å². The average Bonchev–Trinajstić information content (AvgIpc) is 2.84. The first-order chi connectivity index (χ1) is 16.4. The molecule has 34 heavy (non-hydrogen) atoms. The third kappa shape index (κ3) is 6.68. The molecule has 3 aromatic carbocycles.